The minimum atomic E-state index is -3.51. The quantitative estimate of drug-likeness (QED) is 0.437. The molecule has 0 unspecified atom stereocenters. The predicted molar refractivity (Wildman–Crippen MR) is 72.7 cm³/mol. The van der Waals surface area contributed by atoms with Crippen molar-refractivity contribution in [3.8, 4) is 0 Å². The number of hydrogen-bond acceptors (Lipinski definition) is 6. The fraction of sp³-hybridized carbons (Fsp3) is 0.455. The molecule has 1 aromatic rings. The molecule has 6 nitrogen and oxygen atoms in total. The number of hydrogen-bond donors (Lipinski definition) is 4. The van der Waals surface area contributed by atoms with Crippen molar-refractivity contribution in [2.75, 3.05) is 29.6 Å². The number of nitrogens with two attached hydrogens (primary N) is 3. The number of nitrogen functional groups attached to an aromatic ring is 3. The minimum Gasteiger partial charge on any atom is -0.399 e. The minimum absolute atomic E-state index is 0.0364. The van der Waals surface area contributed by atoms with Crippen LogP contribution in [0.15, 0.2) is 17.0 Å². The van der Waals surface area contributed by atoms with Gasteiger partial charge in [-0.1, -0.05) is 6.42 Å². The molecule has 0 amide bonds. The fourth-order valence-corrected chi connectivity index (χ4v) is 3.36. The van der Waals surface area contributed by atoms with Crippen molar-refractivity contribution in [3.63, 3.8) is 0 Å². The molecule has 0 bridgehead atoms. The van der Waals surface area contributed by atoms with Gasteiger partial charge in [0.25, 0.3) is 0 Å². The molecule has 0 radical (unpaired) electrons. The molecule has 1 rings (SSSR count). The molecular formula is C11H19N3O3S. The zero-order chi connectivity index (χ0) is 13.8. The highest BCUT2D eigenvalue weighted by Gasteiger charge is 2.20. The second-order valence-corrected chi connectivity index (χ2v) is 6.18. The van der Waals surface area contributed by atoms with Gasteiger partial charge in [-0.25, -0.2) is 8.42 Å². The van der Waals surface area contributed by atoms with E-state index in [1.54, 1.807) is 0 Å². The molecule has 102 valence electrons. The maximum absolute atomic E-state index is 12.1. The molecule has 0 heterocycles. The Kier molecular flexibility index (Phi) is 4.80. The Morgan fingerprint density at radius 3 is 2.06 bits per heavy atom. The van der Waals surface area contributed by atoms with Gasteiger partial charge >= 0.3 is 0 Å². The van der Waals surface area contributed by atoms with Crippen molar-refractivity contribution in [2.45, 2.75) is 24.2 Å². The molecule has 0 fully saturated rings. The standard InChI is InChI=1S/C11H19N3O3S/c12-8-6-9(13)11(10(14)7-8)18(16,17)5-3-1-2-4-15/h6-7,15H,1-5,12-14H2. The van der Waals surface area contributed by atoms with Crippen LogP contribution in [-0.4, -0.2) is 25.9 Å². The highest BCUT2D eigenvalue weighted by Crippen LogP contribution is 2.29. The fourth-order valence-electron chi connectivity index (χ4n) is 1.74. The Bertz CT molecular complexity index is 491. The number of rotatable bonds is 6. The predicted octanol–water partition coefficient (Wildman–Crippen LogP) is 0.370. The Balaban J connectivity index is 2.92. The van der Waals surface area contributed by atoms with Gasteiger partial charge in [-0.05, 0) is 25.0 Å². The number of aliphatic hydroxyl groups is 1. The van der Waals surface area contributed by atoms with Gasteiger partial charge in [-0.15, -0.1) is 0 Å². The van der Waals surface area contributed by atoms with Gasteiger partial charge in [0.2, 0.25) is 0 Å². The van der Waals surface area contributed by atoms with Gasteiger partial charge < -0.3 is 22.3 Å². The van der Waals surface area contributed by atoms with Crippen LogP contribution >= 0.6 is 0 Å². The van der Waals surface area contributed by atoms with E-state index in [1.165, 1.54) is 12.1 Å². The summed E-state index contributed by atoms with van der Waals surface area (Å²) in [4.78, 5) is -0.0410. The molecule has 18 heavy (non-hydrogen) atoms. The molecule has 0 atom stereocenters. The first-order valence-corrected chi connectivity index (χ1v) is 7.32. The van der Waals surface area contributed by atoms with Crippen LogP contribution in [0.4, 0.5) is 17.1 Å². The Hall–Kier alpha value is -1.47. The van der Waals surface area contributed by atoms with E-state index in [-0.39, 0.29) is 28.6 Å². The Labute approximate surface area is 107 Å². The van der Waals surface area contributed by atoms with Crippen LogP contribution in [0.2, 0.25) is 0 Å². The lowest BCUT2D eigenvalue weighted by atomic mass is 10.2. The summed E-state index contributed by atoms with van der Waals surface area (Å²) in [6.07, 6.45) is 1.69. The van der Waals surface area contributed by atoms with Crippen LogP contribution in [0.5, 0.6) is 0 Å². The molecule has 0 aliphatic heterocycles. The molecular weight excluding hydrogens is 254 g/mol. The lowest BCUT2D eigenvalue weighted by Crippen LogP contribution is -2.13. The lowest BCUT2D eigenvalue weighted by Gasteiger charge is -2.11. The molecule has 0 aliphatic carbocycles. The van der Waals surface area contributed by atoms with Crippen molar-refractivity contribution in [2.24, 2.45) is 0 Å². The van der Waals surface area contributed by atoms with E-state index in [9.17, 15) is 8.42 Å². The zero-order valence-corrected chi connectivity index (χ0v) is 10.9. The van der Waals surface area contributed by atoms with E-state index in [1.807, 2.05) is 0 Å². The molecule has 0 saturated carbocycles. The summed E-state index contributed by atoms with van der Waals surface area (Å²) in [5.41, 5.74) is 17.3. The van der Waals surface area contributed by atoms with E-state index < -0.39 is 9.84 Å². The summed E-state index contributed by atoms with van der Waals surface area (Å²) in [6, 6.07) is 2.77. The summed E-state index contributed by atoms with van der Waals surface area (Å²) in [5, 5.41) is 8.63. The number of aliphatic hydroxyl groups excluding tert-OH is 1. The number of unbranched alkanes of at least 4 members (excludes halogenated alkanes) is 2. The molecule has 0 aromatic heterocycles. The van der Waals surface area contributed by atoms with Gasteiger partial charge in [0.15, 0.2) is 9.84 Å². The average Bonchev–Trinajstić information content (AvgIpc) is 2.22. The summed E-state index contributed by atoms with van der Waals surface area (Å²) >= 11 is 0. The molecule has 7 N–H and O–H groups in total. The first-order chi connectivity index (χ1) is 8.38. The van der Waals surface area contributed by atoms with E-state index in [0.29, 0.717) is 24.9 Å². The van der Waals surface area contributed by atoms with Gasteiger partial charge in [0, 0.05) is 12.3 Å². The maximum Gasteiger partial charge on any atom is 0.182 e. The smallest absolute Gasteiger partial charge is 0.182 e. The average molecular weight is 273 g/mol. The molecule has 0 spiro atoms. The van der Waals surface area contributed by atoms with Gasteiger partial charge in [0.1, 0.15) is 4.90 Å². The monoisotopic (exact) mass is 273 g/mol. The molecule has 7 heteroatoms. The van der Waals surface area contributed by atoms with E-state index in [2.05, 4.69) is 0 Å². The first-order valence-electron chi connectivity index (χ1n) is 5.66. The molecule has 0 saturated heterocycles. The summed E-state index contributed by atoms with van der Waals surface area (Å²) < 4.78 is 24.2. The van der Waals surface area contributed by atoms with Gasteiger partial charge in [0.05, 0.1) is 17.1 Å². The topological polar surface area (TPSA) is 132 Å². The highest BCUT2D eigenvalue weighted by atomic mass is 32.2. The van der Waals surface area contributed by atoms with Gasteiger partial charge in [-0.2, -0.15) is 0 Å². The number of sulfone groups is 1. The van der Waals surface area contributed by atoms with Crippen molar-refractivity contribution in [1.82, 2.24) is 0 Å². The number of anilines is 3. The first kappa shape index (κ1) is 14.6. The number of benzene rings is 1. The maximum atomic E-state index is 12.1. The normalized spacial score (nSPS) is 11.6. The van der Waals surface area contributed by atoms with Crippen molar-refractivity contribution < 1.29 is 13.5 Å². The van der Waals surface area contributed by atoms with Crippen molar-refractivity contribution in [3.05, 3.63) is 12.1 Å². The zero-order valence-electron chi connectivity index (χ0n) is 10.1. The SMILES string of the molecule is Nc1cc(N)c(S(=O)(=O)CCCCCO)c(N)c1. The van der Waals surface area contributed by atoms with Crippen molar-refractivity contribution in [1.29, 1.82) is 0 Å². The third kappa shape index (κ3) is 3.51. The van der Waals surface area contributed by atoms with Crippen molar-refractivity contribution >= 4 is 26.9 Å². The van der Waals surface area contributed by atoms with Crippen LogP contribution in [0.25, 0.3) is 0 Å². The molecule has 1 aromatic carbocycles. The molecule has 0 aliphatic rings. The summed E-state index contributed by atoms with van der Waals surface area (Å²) in [5.74, 6) is -0.0364. The van der Waals surface area contributed by atoms with Crippen LogP contribution in [0, 0.1) is 0 Å². The van der Waals surface area contributed by atoms with E-state index >= 15 is 0 Å². The largest absolute Gasteiger partial charge is 0.399 e. The second-order valence-electron chi connectivity index (χ2n) is 4.13. The van der Waals surface area contributed by atoms with Crippen LogP contribution in [-0.2, 0) is 9.84 Å². The Morgan fingerprint density at radius 2 is 1.56 bits per heavy atom. The summed E-state index contributed by atoms with van der Waals surface area (Å²) in [6.45, 7) is 0.0617. The Morgan fingerprint density at radius 1 is 1.00 bits per heavy atom. The van der Waals surface area contributed by atoms with Crippen LogP contribution in [0.1, 0.15) is 19.3 Å². The highest BCUT2D eigenvalue weighted by molar-refractivity contribution is 7.91. The third-order valence-corrected chi connectivity index (χ3v) is 4.47. The lowest BCUT2D eigenvalue weighted by molar-refractivity contribution is 0.284. The summed E-state index contributed by atoms with van der Waals surface area (Å²) in [7, 11) is -3.51. The van der Waals surface area contributed by atoms with E-state index in [0.717, 1.165) is 0 Å². The van der Waals surface area contributed by atoms with E-state index in [4.69, 9.17) is 22.3 Å². The van der Waals surface area contributed by atoms with Gasteiger partial charge in [-0.3, -0.25) is 0 Å². The third-order valence-electron chi connectivity index (χ3n) is 2.55. The van der Waals surface area contributed by atoms with Crippen LogP contribution in [0.3, 0.4) is 0 Å². The second kappa shape index (κ2) is 5.92. The van der Waals surface area contributed by atoms with Crippen LogP contribution < -0.4 is 17.2 Å².